The van der Waals surface area contributed by atoms with Crippen molar-refractivity contribution in [3.63, 3.8) is 0 Å². The second-order valence-corrected chi connectivity index (χ2v) is 12.5. The number of hydrogen-bond acceptors (Lipinski definition) is 8. The molecule has 1 N–H and O–H groups in total. The smallest absolute Gasteiger partial charge is 0.265 e. The Bertz CT molecular complexity index is 1670. The number of carbonyl (C=O) groups excluding carboxylic acids is 1. The van der Waals surface area contributed by atoms with E-state index in [0.717, 1.165) is 12.1 Å². The van der Waals surface area contributed by atoms with E-state index in [1.807, 2.05) is 16.7 Å². The largest absolute Gasteiger partial charge is 0.497 e. The Morgan fingerprint density at radius 3 is 2.55 bits per heavy atom. The maximum Gasteiger partial charge on any atom is 0.265 e. The molecule has 12 heteroatoms. The molecule has 0 spiro atoms. The molecule has 3 aliphatic rings. The summed E-state index contributed by atoms with van der Waals surface area (Å²) in [6, 6.07) is 15.1. The number of rotatable bonds is 7. The minimum absolute atomic E-state index is 0.00214. The number of carbonyl (C=O) groups is 1. The summed E-state index contributed by atoms with van der Waals surface area (Å²) in [5, 5.41) is 0. The van der Waals surface area contributed by atoms with E-state index in [2.05, 4.69) is 9.62 Å². The third-order valence-corrected chi connectivity index (χ3v) is 9.65. The molecule has 2 fully saturated rings. The quantitative estimate of drug-likeness (QED) is 0.444. The van der Waals surface area contributed by atoms with Gasteiger partial charge in [0.1, 0.15) is 16.4 Å². The number of morpholine rings is 1. The summed E-state index contributed by atoms with van der Waals surface area (Å²) in [5.74, 6) is 0.677. The number of benzene rings is 2. The van der Waals surface area contributed by atoms with E-state index in [1.54, 1.807) is 35.2 Å². The molecule has 4 heterocycles. The second-order valence-electron chi connectivity index (χ2n) is 10.9. The highest BCUT2D eigenvalue weighted by Crippen LogP contribution is 2.40. The SMILES string of the molecule is COc1ccc(OC)c(S(=O)(=O)Nc2cc(C(=O)N3CCOCC3)ccc2N2C[C@H]3C[C@@H](C2)c2cccc(=O)n2C3)c1. The van der Waals surface area contributed by atoms with Crippen LogP contribution in [0.25, 0.3) is 0 Å². The molecule has 222 valence electrons. The maximum atomic E-state index is 13.8. The Balaban J connectivity index is 1.39. The molecule has 2 bridgehead atoms. The lowest BCUT2D eigenvalue weighted by atomic mass is 9.83. The fourth-order valence-electron chi connectivity index (χ4n) is 6.26. The van der Waals surface area contributed by atoms with E-state index in [9.17, 15) is 18.0 Å². The fourth-order valence-corrected chi connectivity index (χ4v) is 7.51. The van der Waals surface area contributed by atoms with E-state index in [1.165, 1.54) is 26.4 Å². The molecule has 2 atom stereocenters. The molecule has 3 aromatic rings. The number of piperidine rings is 1. The number of sulfonamides is 1. The zero-order valence-corrected chi connectivity index (χ0v) is 24.4. The molecule has 0 unspecified atom stereocenters. The van der Waals surface area contributed by atoms with Crippen LogP contribution in [0.3, 0.4) is 0 Å². The number of fused-ring (bicyclic) bond motifs is 4. The lowest BCUT2D eigenvalue weighted by Gasteiger charge is -2.44. The molecule has 42 heavy (non-hydrogen) atoms. The molecule has 6 rings (SSSR count). The van der Waals surface area contributed by atoms with Gasteiger partial charge in [0.2, 0.25) is 0 Å². The molecule has 2 saturated heterocycles. The average Bonchev–Trinajstić information content (AvgIpc) is 3.01. The highest BCUT2D eigenvalue weighted by atomic mass is 32.2. The number of hydrogen-bond donors (Lipinski definition) is 1. The molecule has 11 nitrogen and oxygen atoms in total. The fraction of sp³-hybridized carbons (Fsp3) is 0.400. The average molecular weight is 595 g/mol. The molecular weight excluding hydrogens is 560 g/mol. The van der Waals surface area contributed by atoms with Crippen LogP contribution in [0, 0.1) is 5.92 Å². The van der Waals surface area contributed by atoms with Gasteiger partial charge in [0, 0.05) is 62.0 Å². The Morgan fingerprint density at radius 1 is 0.976 bits per heavy atom. The number of amides is 1. The van der Waals surface area contributed by atoms with Gasteiger partial charge in [-0.1, -0.05) is 6.07 Å². The number of nitrogens with one attached hydrogen (secondary N) is 1. The molecule has 0 aliphatic carbocycles. The summed E-state index contributed by atoms with van der Waals surface area (Å²) in [6.07, 6.45) is 0.954. The normalized spacial score (nSPS) is 20.0. The first-order chi connectivity index (χ1) is 20.3. The zero-order valence-electron chi connectivity index (χ0n) is 23.6. The van der Waals surface area contributed by atoms with Crippen LogP contribution in [0.15, 0.2) is 64.3 Å². The monoisotopic (exact) mass is 594 g/mol. The predicted molar refractivity (Wildman–Crippen MR) is 157 cm³/mol. The van der Waals surface area contributed by atoms with E-state index in [-0.39, 0.29) is 33.9 Å². The van der Waals surface area contributed by atoms with Crippen LogP contribution in [-0.4, -0.2) is 77.4 Å². The minimum Gasteiger partial charge on any atom is -0.497 e. The van der Waals surface area contributed by atoms with Crippen molar-refractivity contribution in [3.8, 4) is 11.5 Å². The van der Waals surface area contributed by atoms with Crippen molar-refractivity contribution in [1.82, 2.24) is 9.47 Å². The summed E-state index contributed by atoms with van der Waals surface area (Å²) in [5.41, 5.74) is 2.34. The van der Waals surface area contributed by atoms with Crippen LogP contribution in [-0.2, 0) is 21.3 Å². The molecule has 0 saturated carbocycles. The minimum atomic E-state index is -4.16. The van der Waals surface area contributed by atoms with Gasteiger partial charge in [-0.15, -0.1) is 0 Å². The summed E-state index contributed by atoms with van der Waals surface area (Å²) in [6.45, 7) is 3.71. The number of ether oxygens (including phenoxy) is 3. The zero-order chi connectivity index (χ0) is 29.4. The number of nitrogens with zero attached hydrogens (tertiary/aromatic N) is 3. The van der Waals surface area contributed by atoms with E-state index in [0.29, 0.717) is 68.6 Å². The standard InChI is InChI=1S/C30H34N4O7S/c1-39-23-7-9-27(40-2)28(16-23)42(37,38)31-24-15-21(30(36)32-10-12-41-13-11-32)6-8-26(24)33-17-20-14-22(19-33)25-4-3-5-29(35)34(25)18-20/h3-9,15-16,20,22,31H,10-14,17-19H2,1-2H3/t20-,22+/m1/s1. The number of pyridine rings is 1. The van der Waals surface area contributed by atoms with Gasteiger partial charge < -0.3 is 28.6 Å². The highest BCUT2D eigenvalue weighted by Gasteiger charge is 2.36. The Kier molecular flexibility index (Phi) is 7.58. The number of aromatic nitrogens is 1. The summed E-state index contributed by atoms with van der Waals surface area (Å²) in [4.78, 5) is 29.7. The first kappa shape index (κ1) is 28.1. The molecule has 0 radical (unpaired) electrons. The van der Waals surface area contributed by atoms with Gasteiger partial charge in [-0.3, -0.25) is 14.3 Å². The third-order valence-electron chi connectivity index (χ3n) is 8.27. The molecular formula is C30H34N4O7S. The van der Waals surface area contributed by atoms with Crippen molar-refractivity contribution in [2.75, 3.05) is 63.2 Å². The van der Waals surface area contributed by atoms with E-state index < -0.39 is 10.0 Å². The molecule has 2 aromatic carbocycles. The van der Waals surface area contributed by atoms with Crippen LogP contribution in [0.1, 0.15) is 28.4 Å². The summed E-state index contributed by atoms with van der Waals surface area (Å²) < 4.78 is 48.4. The van der Waals surface area contributed by atoms with Gasteiger partial charge in [-0.05, 0) is 48.7 Å². The predicted octanol–water partition coefficient (Wildman–Crippen LogP) is 2.76. The maximum absolute atomic E-state index is 13.8. The van der Waals surface area contributed by atoms with Gasteiger partial charge in [0.05, 0.1) is 38.8 Å². The van der Waals surface area contributed by atoms with E-state index in [4.69, 9.17) is 14.2 Å². The van der Waals surface area contributed by atoms with Crippen molar-refractivity contribution in [2.24, 2.45) is 5.92 Å². The van der Waals surface area contributed by atoms with Crippen molar-refractivity contribution < 1.29 is 27.4 Å². The number of anilines is 2. The molecule has 1 aromatic heterocycles. The first-order valence-corrected chi connectivity index (χ1v) is 15.5. The van der Waals surface area contributed by atoms with E-state index >= 15 is 0 Å². The van der Waals surface area contributed by atoms with Gasteiger partial charge in [0.25, 0.3) is 21.5 Å². The lowest BCUT2D eigenvalue weighted by Crippen LogP contribution is -2.47. The number of methoxy groups -OCH3 is 2. The Morgan fingerprint density at radius 2 is 1.79 bits per heavy atom. The van der Waals surface area contributed by atoms with Crippen molar-refractivity contribution in [3.05, 3.63) is 76.2 Å². The van der Waals surface area contributed by atoms with Gasteiger partial charge in [0.15, 0.2) is 0 Å². The topological polar surface area (TPSA) is 119 Å². The van der Waals surface area contributed by atoms with Gasteiger partial charge in [-0.25, -0.2) is 8.42 Å². The second kappa shape index (κ2) is 11.3. The summed E-state index contributed by atoms with van der Waals surface area (Å²) in [7, 11) is -1.29. The van der Waals surface area contributed by atoms with Crippen LogP contribution < -0.4 is 24.7 Å². The van der Waals surface area contributed by atoms with Crippen LogP contribution in [0.5, 0.6) is 11.5 Å². The molecule has 3 aliphatic heterocycles. The van der Waals surface area contributed by atoms with Crippen molar-refractivity contribution in [1.29, 1.82) is 0 Å². The summed E-state index contributed by atoms with van der Waals surface area (Å²) >= 11 is 0. The van der Waals surface area contributed by atoms with Gasteiger partial charge >= 0.3 is 0 Å². The Hall–Kier alpha value is -4.03. The highest BCUT2D eigenvalue weighted by molar-refractivity contribution is 7.92. The molecule has 1 amide bonds. The van der Waals surface area contributed by atoms with Crippen molar-refractivity contribution >= 4 is 27.3 Å². The first-order valence-electron chi connectivity index (χ1n) is 14.0. The van der Waals surface area contributed by atoms with Gasteiger partial charge in [-0.2, -0.15) is 0 Å². The van der Waals surface area contributed by atoms with Crippen molar-refractivity contribution in [2.45, 2.75) is 23.8 Å². The Labute approximate surface area is 244 Å². The third kappa shape index (κ3) is 5.32. The van der Waals surface area contributed by atoms with Crippen LogP contribution in [0.2, 0.25) is 0 Å². The lowest BCUT2D eigenvalue weighted by molar-refractivity contribution is 0.0303. The van der Waals surface area contributed by atoms with Crippen LogP contribution >= 0.6 is 0 Å². The van der Waals surface area contributed by atoms with Crippen LogP contribution in [0.4, 0.5) is 11.4 Å².